The van der Waals surface area contributed by atoms with Crippen LogP contribution in [0.5, 0.6) is 0 Å². The van der Waals surface area contributed by atoms with Crippen LogP contribution >= 0.6 is 34.8 Å². The molecule has 1 amide bonds. The number of aromatic nitrogens is 2. The first kappa shape index (κ1) is 16.4. The van der Waals surface area contributed by atoms with Crippen LogP contribution in [0, 0.1) is 0 Å². The molecule has 0 aliphatic heterocycles. The lowest BCUT2D eigenvalue weighted by Crippen LogP contribution is -2.20. The number of benzene rings is 1. The molecule has 21 heavy (non-hydrogen) atoms. The normalized spacial score (nSPS) is 12.8. The monoisotopic (exact) mass is 349 g/mol. The highest BCUT2D eigenvalue weighted by Crippen LogP contribution is 2.31. The van der Waals surface area contributed by atoms with Crippen LogP contribution < -0.4 is 5.73 Å². The van der Waals surface area contributed by atoms with Crippen LogP contribution in [0.2, 0.25) is 10.0 Å². The van der Waals surface area contributed by atoms with E-state index in [4.69, 9.17) is 45.3 Å². The number of nitrogens with zero attached hydrogens (tertiary/aromatic N) is 2. The molecule has 0 radical (unpaired) electrons. The van der Waals surface area contributed by atoms with Gasteiger partial charge in [0.25, 0.3) is 0 Å². The fourth-order valence-electron chi connectivity index (χ4n) is 2.01. The molecule has 0 saturated heterocycles. The maximum absolute atomic E-state index is 10.7. The van der Waals surface area contributed by atoms with Crippen molar-refractivity contribution >= 4 is 51.7 Å². The van der Waals surface area contributed by atoms with Crippen molar-refractivity contribution in [2.24, 2.45) is 5.73 Å². The SMILES string of the molecule is CC(Cl)c1nc2cc(Cl)c(Cl)cc2n1CCOCC(N)=O. The Bertz CT molecular complexity index is 670. The van der Waals surface area contributed by atoms with E-state index < -0.39 is 5.91 Å². The van der Waals surface area contributed by atoms with E-state index in [2.05, 4.69) is 4.98 Å². The number of carbonyl (C=O) groups is 1. The number of ether oxygens (including phenoxy) is 1. The Morgan fingerprint density at radius 1 is 1.43 bits per heavy atom. The molecule has 0 saturated carbocycles. The third-order valence-electron chi connectivity index (χ3n) is 2.88. The molecule has 2 rings (SSSR count). The van der Waals surface area contributed by atoms with Crippen molar-refractivity contribution in [3.05, 3.63) is 28.0 Å². The standard InChI is InChI=1S/C13H14Cl3N3O2/c1-7(14)13-18-10-4-8(15)9(16)5-11(10)19(13)2-3-21-6-12(17)20/h4-5,7H,2-3,6H2,1H3,(H2,17,20). The van der Waals surface area contributed by atoms with Crippen molar-refractivity contribution in [2.75, 3.05) is 13.2 Å². The van der Waals surface area contributed by atoms with Gasteiger partial charge in [-0.2, -0.15) is 0 Å². The molecule has 1 aromatic heterocycles. The number of hydrogen-bond donors (Lipinski definition) is 1. The first-order chi connectivity index (χ1) is 9.90. The summed E-state index contributed by atoms with van der Waals surface area (Å²) in [6, 6.07) is 3.44. The second kappa shape index (κ2) is 6.83. The molecule has 0 aliphatic carbocycles. The zero-order chi connectivity index (χ0) is 15.6. The Hall–Kier alpha value is -1.01. The number of nitrogens with two attached hydrogens (primary N) is 1. The highest BCUT2D eigenvalue weighted by molar-refractivity contribution is 6.42. The van der Waals surface area contributed by atoms with Crippen molar-refractivity contribution < 1.29 is 9.53 Å². The average molecular weight is 351 g/mol. The molecule has 1 atom stereocenters. The first-order valence-electron chi connectivity index (χ1n) is 6.25. The summed E-state index contributed by atoms with van der Waals surface area (Å²) in [7, 11) is 0. The molecule has 0 spiro atoms. The largest absolute Gasteiger partial charge is 0.370 e. The molecule has 1 aromatic carbocycles. The average Bonchev–Trinajstić information content (AvgIpc) is 2.73. The van der Waals surface area contributed by atoms with Crippen molar-refractivity contribution in [1.29, 1.82) is 0 Å². The van der Waals surface area contributed by atoms with Gasteiger partial charge in [0, 0.05) is 6.54 Å². The predicted octanol–water partition coefficient (Wildman–Crippen LogP) is 3.14. The summed E-state index contributed by atoms with van der Waals surface area (Å²) in [6.45, 7) is 2.50. The van der Waals surface area contributed by atoms with Gasteiger partial charge < -0.3 is 15.0 Å². The van der Waals surface area contributed by atoms with Crippen LogP contribution in [0.1, 0.15) is 18.1 Å². The summed E-state index contributed by atoms with van der Waals surface area (Å²) in [6.07, 6.45) is 0. The number of amides is 1. The molecule has 0 fully saturated rings. The highest BCUT2D eigenvalue weighted by Gasteiger charge is 2.16. The summed E-state index contributed by atoms with van der Waals surface area (Å²) in [5, 5.41) is 0.593. The number of imidazole rings is 1. The van der Waals surface area contributed by atoms with E-state index in [1.807, 2.05) is 11.5 Å². The van der Waals surface area contributed by atoms with E-state index in [-0.39, 0.29) is 12.0 Å². The minimum atomic E-state index is -0.508. The molecule has 1 unspecified atom stereocenters. The minimum absolute atomic E-state index is 0.120. The number of alkyl halides is 1. The van der Waals surface area contributed by atoms with Crippen LogP contribution in [0.25, 0.3) is 11.0 Å². The van der Waals surface area contributed by atoms with Crippen molar-refractivity contribution in [3.8, 4) is 0 Å². The van der Waals surface area contributed by atoms with Gasteiger partial charge in [0.05, 0.1) is 33.1 Å². The number of fused-ring (bicyclic) bond motifs is 1. The molecular formula is C13H14Cl3N3O2. The molecule has 0 bridgehead atoms. The first-order valence-corrected chi connectivity index (χ1v) is 7.44. The van der Waals surface area contributed by atoms with Crippen LogP contribution in [-0.2, 0) is 16.1 Å². The van der Waals surface area contributed by atoms with Gasteiger partial charge in [-0.05, 0) is 19.1 Å². The van der Waals surface area contributed by atoms with Crippen molar-refractivity contribution in [1.82, 2.24) is 9.55 Å². The lowest BCUT2D eigenvalue weighted by atomic mass is 10.3. The number of primary amides is 1. The fraction of sp³-hybridized carbons (Fsp3) is 0.385. The maximum atomic E-state index is 10.7. The number of halogens is 3. The molecule has 1 heterocycles. The number of rotatable bonds is 6. The molecule has 5 nitrogen and oxygen atoms in total. The zero-order valence-electron chi connectivity index (χ0n) is 11.3. The van der Waals surface area contributed by atoms with Gasteiger partial charge in [-0.1, -0.05) is 23.2 Å². The Kier molecular flexibility index (Phi) is 5.32. The van der Waals surface area contributed by atoms with Crippen LogP contribution in [0.3, 0.4) is 0 Å². The zero-order valence-corrected chi connectivity index (χ0v) is 13.5. The molecule has 2 aromatic rings. The third-order valence-corrected chi connectivity index (χ3v) is 3.80. The van der Waals surface area contributed by atoms with Gasteiger partial charge in [0.2, 0.25) is 5.91 Å². The maximum Gasteiger partial charge on any atom is 0.243 e. The highest BCUT2D eigenvalue weighted by atomic mass is 35.5. The Morgan fingerprint density at radius 2 is 2.10 bits per heavy atom. The summed E-state index contributed by atoms with van der Waals surface area (Å²) >= 11 is 18.2. The van der Waals surface area contributed by atoms with E-state index in [0.29, 0.717) is 34.5 Å². The lowest BCUT2D eigenvalue weighted by Gasteiger charge is -2.10. The summed E-state index contributed by atoms with van der Waals surface area (Å²) in [4.78, 5) is 15.1. The molecule has 0 aliphatic rings. The Morgan fingerprint density at radius 3 is 2.71 bits per heavy atom. The lowest BCUT2D eigenvalue weighted by molar-refractivity contribution is -0.122. The van der Waals surface area contributed by atoms with E-state index in [9.17, 15) is 4.79 Å². The van der Waals surface area contributed by atoms with Gasteiger partial charge in [-0.3, -0.25) is 4.79 Å². The van der Waals surface area contributed by atoms with Gasteiger partial charge in [0.1, 0.15) is 12.4 Å². The summed E-state index contributed by atoms with van der Waals surface area (Å²) < 4.78 is 7.08. The Balaban J connectivity index is 2.32. The summed E-state index contributed by atoms with van der Waals surface area (Å²) in [5.74, 6) is 0.180. The van der Waals surface area contributed by atoms with Gasteiger partial charge >= 0.3 is 0 Å². The van der Waals surface area contributed by atoms with Gasteiger partial charge in [-0.15, -0.1) is 11.6 Å². The van der Waals surface area contributed by atoms with Crippen LogP contribution in [0.15, 0.2) is 12.1 Å². The number of carbonyl (C=O) groups excluding carboxylic acids is 1. The molecule has 8 heteroatoms. The molecule has 114 valence electrons. The predicted molar refractivity (Wildman–Crippen MR) is 84.0 cm³/mol. The topological polar surface area (TPSA) is 70.1 Å². The van der Waals surface area contributed by atoms with E-state index in [1.165, 1.54) is 0 Å². The van der Waals surface area contributed by atoms with Gasteiger partial charge in [0.15, 0.2) is 0 Å². The van der Waals surface area contributed by atoms with Crippen LogP contribution in [-0.4, -0.2) is 28.7 Å². The molecular weight excluding hydrogens is 337 g/mol. The Labute approximate surface area is 136 Å². The second-order valence-corrected chi connectivity index (χ2v) is 5.98. The fourth-order valence-corrected chi connectivity index (χ4v) is 2.49. The van der Waals surface area contributed by atoms with Crippen molar-refractivity contribution in [3.63, 3.8) is 0 Å². The smallest absolute Gasteiger partial charge is 0.243 e. The third kappa shape index (κ3) is 3.80. The summed E-state index contributed by atoms with van der Waals surface area (Å²) in [5.41, 5.74) is 6.55. The second-order valence-electron chi connectivity index (χ2n) is 4.51. The quantitative estimate of drug-likeness (QED) is 0.642. The minimum Gasteiger partial charge on any atom is -0.370 e. The van der Waals surface area contributed by atoms with E-state index >= 15 is 0 Å². The van der Waals surface area contributed by atoms with Crippen LogP contribution in [0.4, 0.5) is 0 Å². The molecule has 2 N–H and O–H groups in total. The van der Waals surface area contributed by atoms with E-state index in [0.717, 1.165) is 5.52 Å². The van der Waals surface area contributed by atoms with E-state index in [1.54, 1.807) is 12.1 Å². The van der Waals surface area contributed by atoms with Crippen molar-refractivity contribution in [2.45, 2.75) is 18.8 Å². The van der Waals surface area contributed by atoms with Gasteiger partial charge in [-0.25, -0.2) is 4.98 Å². The number of hydrogen-bond acceptors (Lipinski definition) is 3.